The molecule has 5 N–H and O–H groups in total. The number of thiophene rings is 1. The second-order valence-corrected chi connectivity index (χ2v) is 7.81. The molecule has 0 aliphatic carbocycles. The minimum absolute atomic E-state index is 0.127. The van der Waals surface area contributed by atoms with Crippen molar-refractivity contribution in [3.8, 4) is 0 Å². The van der Waals surface area contributed by atoms with Crippen molar-refractivity contribution in [2.75, 3.05) is 16.4 Å². The maximum Gasteiger partial charge on any atom is 0.258 e. The first kappa shape index (κ1) is 19.9. The summed E-state index contributed by atoms with van der Waals surface area (Å²) in [4.78, 5) is 29.3. The molecule has 4 rings (SSSR count). The molecule has 0 radical (unpaired) electrons. The Balaban J connectivity index is 1.62. The molecule has 11 heteroatoms. The second kappa shape index (κ2) is 8.51. The van der Waals surface area contributed by atoms with E-state index in [-0.39, 0.29) is 10.5 Å². The average Bonchev–Trinajstić information content (AvgIpc) is 3.18. The molecule has 0 bridgehead atoms. The summed E-state index contributed by atoms with van der Waals surface area (Å²) in [7, 11) is 0. The minimum atomic E-state index is -0.347. The highest BCUT2D eigenvalue weighted by Crippen LogP contribution is 2.31. The van der Waals surface area contributed by atoms with Crippen LogP contribution in [-0.2, 0) is 6.54 Å². The molecule has 0 aliphatic heterocycles. The molecule has 0 saturated heterocycles. The van der Waals surface area contributed by atoms with E-state index in [1.807, 2.05) is 6.07 Å². The van der Waals surface area contributed by atoms with Crippen LogP contribution in [0.15, 0.2) is 48.5 Å². The maximum absolute atomic E-state index is 12.9. The molecule has 1 amide bonds. The summed E-state index contributed by atoms with van der Waals surface area (Å²) in [5.74, 6) is -0.0115. The molecule has 3 aromatic heterocycles. The van der Waals surface area contributed by atoms with Crippen LogP contribution in [-0.4, -0.2) is 30.5 Å². The van der Waals surface area contributed by atoms with Crippen LogP contribution in [0.4, 0.5) is 17.2 Å². The number of fused-ring (bicyclic) bond motifs is 1. The number of anilines is 3. The smallest absolute Gasteiger partial charge is 0.258 e. The van der Waals surface area contributed by atoms with Crippen LogP contribution in [0.2, 0.25) is 0 Å². The Morgan fingerprint density at radius 2 is 2.03 bits per heavy atom. The van der Waals surface area contributed by atoms with Crippen molar-refractivity contribution in [1.29, 1.82) is 5.41 Å². The van der Waals surface area contributed by atoms with Crippen molar-refractivity contribution in [2.24, 2.45) is 0 Å². The van der Waals surface area contributed by atoms with E-state index in [4.69, 9.17) is 11.1 Å². The molecule has 1 aromatic carbocycles. The van der Waals surface area contributed by atoms with E-state index in [0.29, 0.717) is 45.1 Å². The lowest BCUT2D eigenvalue weighted by Gasteiger charge is -2.15. The van der Waals surface area contributed by atoms with Crippen LogP contribution in [0.25, 0.3) is 10.2 Å². The first-order valence-corrected chi connectivity index (χ1v) is 10.4. The Morgan fingerprint density at radius 3 is 2.80 bits per heavy atom. The van der Waals surface area contributed by atoms with Crippen molar-refractivity contribution in [2.45, 2.75) is 6.54 Å². The standard InChI is InChI=1S/C19H15BrN8OS/c20-17(21)14-12(25-7-10-6-23-4-5-24-10)2-1-3-13(14)28-19(29)11-8-30-16-15(11)26-9-27-18(16)22/h1-6,8-9,21,25H,7H2,(H,28,29)(H2,22,26,27). The van der Waals surface area contributed by atoms with Gasteiger partial charge >= 0.3 is 0 Å². The van der Waals surface area contributed by atoms with Gasteiger partial charge in [0.15, 0.2) is 0 Å². The van der Waals surface area contributed by atoms with Crippen molar-refractivity contribution >= 4 is 65.2 Å². The number of carbonyl (C=O) groups is 1. The molecule has 30 heavy (non-hydrogen) atoms. The normalized spacial score (nSPS) is 10.7. The zero-order valence-electron chi connectivity index (χ0n) is 15.4. The highest BCUT2D eigenvalue weighted by Gasteiger charge is 2.19. The average molecular weight is 483 g/mol. The number of hydrogen-bond donors (Lipinski definition) is 4. The van der Waals surface area contributed by atoms with E-state index in [2.05, 4.69) is 46.5 Å². The third-order valence-corrected chi connectivity index (χ3v) is 5.62. The van der Waals surface area contributed by atoms with Gasteiger partial charge in [-0.15, -0.1) is 11.3 Å². The molecule has 4 aromatic rings. The first-order valence-electron chi connectivity index (χ1n) is 8.70. The van der Waals surface area contributed by atoms with E-state index in [0.717, 1.165) is 5.69 Å². The van der Waals surface area contributed by atoms with Gasteiger partial charge < -0.3 is 16.4 Å². The molecular formula is C19H15BrN8OS. The predicted octanol–water partition coefficient (Wildman–Crippen LogP) is 3.65. The topological polar surface area (TPSA) is 143 Å². The molecule has 0 saturated carbocycles. The Morgan fingerprint density at radius 1 is 1.20 bits per heavy atom. The number of rotatable bonds is 6. The molecule has 0 spiro atoms. The number of nitrogens with one attached hydrogen (secondary N) is 3. The fraction of sp³-hybridized carbons (Fsp3) is 0.0526. The van der Waals surface area contributed by atoms with Crippen LogP contribution in [0, 0.1) is 5.41 Å². The fourth-order valence-electron chi connectivity index (χ4n) is 2.87. The molecule has 0 aliphatic rings. The summed E-state index contributed by atoms with van der Waals surface area (Å²) in [6.45, 7) is 0.421. The van der Waals surface area contributed by atoms with E-state index in [1.165, 1.54) is 17.7 Å². The molecular weight excluding hydrogens is 468 g/mol. The number of nitrogen functional groups attached to an aromatic ring is 1. The highest BCUT2D eigenvalue weighted by atomic mass is 79.9. The lowest BCUT2D eigenvalue weighted by atomic mass is 10.1. The molecule has 150 valence electrons. The fourth-order valence-corrected chi connectivity index (χ4v) is 4.20. The SMILES string of the molecule is N=C(Br)c1c(NCc2cnccn2)cccc1NC(=O)c1csc2c(N)ncnc12. The van der Waals surface area contributed by atoms with Gasteiger partial charge in [0.05, 0.1) is 45.5 Å². The number of carbonyl (C=O) groups excluding carboxylic acids is 1. The van der Waals surface area contributed by atoms with E-state index in [1.54, 1.807) is 36.1 Å². The van der Waals surface area contributed by atoms with E-state index >= 15 is 0 Å². The summed E-state index contributed by atoms with van der Waals surface area (Å²) in [5.41, 5.74) is 9.17. The van der Waals surface area contributed by atoms with Gasteiger partial charge in [-0.1, -0.05) is 6.07 Å². The van der Waals surface area contributed by atoms with E-state index in [9.17, 15) is 4.79 Å². The molecule has 0 unspecified atom stereocenters. The van der Waals surface area contributed by atoms with Gasteiger partial charge in [0.2, 0.25) is 0 Å². The number of benzene rings is 1. The van der Waals surface area contributed by atoms with Crippen molar-refractivity contribution in [1.82, 2.24) is 19.9 Å². The number of hydrogen-bond acceptors (Lipinski definition) is 9. The zero-order valence-corrected chi connectivity index (χ0v) is 17.8. The number of aromatic nitrogens is 4. The summed E-state index contributed by atoms with van der Waals surface area (Å²) in [6, 6.07) is 5.35. The molecule has 9 nitrogen and oxygen atoms in total. The molecule has 3 heterocycles. The van der Waals surface area contributed by atoms with Gasteiger partial charge in [0.1, 0.15) is 16.8 Å². The Bertz CT molecular complexity index is 1240. The number of halogens is 1. The lowest BCUT2D eigenvalue weighted by Crippen LogP contribution is -2.15. The summed E-state index contributed by atoms with van der Waals surface area (Å²) < 4.78 is 0.789. The minimum Gasteiger partial charge on any atom is -0.382 e. The van der Waals surface area contributed by atoms with Gasteiger partial charge in [0.25, 0.3) is 5.91 Å². The van der Waals surface area contributed by atoms with Gasteiger partial charge in [-0.3, -0.25) is 20.2 Å². The van der Waals surface area contributed by atoms with Crippen LogP contribution in [0.5, 0.6) is 0 Å². The molecule has 0 atom stereocenters. The molecule has 0 fully saturated rings. The highest BCUT2D eigenvalue weighted by molar-refractivity contribution is 9.18. The van der Waals surface area contributed by atoms with Gasteiger partial charge in [0, 0.05) is 23.5 Å². The quantitative estimate of drug-likeness (QED) is 0.307. The summed E-state index contributed by atoms with van der Waals surface area (Å²) in [6.07, 6.45) is 6.21. The van der Waals surface area contributed by atoms with Gasteiger partial charge in [-0.25, -0.2) is 9.97 Å². The third-order valence-electron chi connectivity index (χ3n) is 4.23. The predicted molar refractivity (Wildman–Crippen MR) is 121 cm³/mol. The van der Waals surface area contributed by atoms with Crippen molar-refractivity contribution < 1.29 is 4.79 Å². The first-order chi connectivity index (χ1) is 14.5. The van der Waals surface area contributed by atoms with Crippen LogP contribution in [0.3, 0.4) is 0 Å². The monoisotopic (exact) mass is 482 g/mol. The van der Waals surface area contributed by atoms with Crippen molar-refractivity contribution in [3.05, 3.63) is 65.3 Å². The Labute approximate surface area is 183 Å². The Hall–Kier alpha value is -3.44. The largest absolute Gasteiger partial charge is 0.382 e. The third kappa shape index (κ3) is 3.98. The summed E-state index contributed by atoms with van der Waals surface area (Å²) >= 11 is 4.54. The van der Waals surface area contributed by atoms with Crippen molar-refractivity contribution in [3.63, 3.8) is 0 Å². The lowest BCUT2D eigenvalue weighted by molar-refractivity contribution is 0.102. The van der Waals surface area contributed by atoms with E-state index < -0.39 is 0 Å². The van der Waals surface area contributed by atoms with Gasteiger partial charge in [-0.2, -0.15) is 0 Å². The van der Waals surface area contributed by atoms with Crippen LogP contribution in [0.1, 0.15) is 21.6 Å². The number of amides is 1. The van der Waals surface area contributed by atoms with Crippen LogP contribution < -0.4 is 16.4 Å². The zero-order chi connectivity index (χ0) is 21.1. The Kier molecular flexibility index (Phi) is 5.63. The number of nitrogens with two attached hydrogens (primary N) is 1. The van der Waals surface area contributed by atoms with Gasteiger partial charge in [-0.05, 0) is 28.1 Å². The summed E-state index contributed by atoms with van der Waals surface area (Å²) in [5, 5.41) is 15.9. The van der Waals surface area contributed by atoms with Crippen LogP contribution >= 0.6 is 27.3 Å². The second-order valence-electron chi connectivity index (χ2n) is 6.13. The number of nitrogens with zero attached hydrogens (tertiary/aromatic N) is 4. The maximum atomic E-state index is 12.9.